The fourth-order valence-electron chi connectivity index (χ4n) is 7.51. The number of amides is 2. The number of hydrogen-bond donors (Lipinski definition) is 2. The number of carbonyl (C=O) groups excluding carboxylic acids is 4. The number of likely N-dealkylation sites (tertiary alicyclic amines) is 2. The minimum Gasteiger partial charge on any atom is -0.444 e. The summed E-state index contributed by atoms with van der Waals surface area (Å²) in [4.78, 5) is 62.6. The van der Waals surface area contributed by atoms with Gasteiger partial charge in [-0.3, -0.25) is 14.4 Å². The Morgan fingerprint density at radius 3 is 2.47 bits per heavy atom. The van der Waals surface area contributed by atoms with Crippen molar-refractivity contribution >= 4 is 44.7 Å². The average molecular weight is 702 g/mol. The van der Waals surface area contributed by atoms with E-state index in [1.807, 2.05) is 0 Å². The van der Waals surface area contributed by atoms with Gasteiger partial charge in [0, 0.05) is 31.8 Å². The molecule has 3 fully saturated rings. The van der Waals surface area contributed by atoms with Crippen LogP contribution in [0.3, 0.4) is 0 Å². The van der Waals surface area contributed by atoms with Gasteiger partial charge in [-0.05, 0) is 69.5 Å². The quantitative estimate of drug-likeness (QED) is 0.190. The Bertz CT molecular complexity index is 1530. The van der Waals surface area contributed by atoms with Crippen LogP contribution in [0.25, 0.3) is 11.1 Å². The first-order chi connectivity index (χ1) is 23.5. The van der Waals surface area contributed by atoms with E-state index in [2.05, 4.69) is 9.71 Å². The third-order valence-electron chi connectivity index (χ3n) is 10.1. The summed E-state index contributed by atoms with van der Waals surface area (Å²) in [5, 5.41) is 0. The predicted octanol–water partition coefficient (Wildman–Crippen LogP) is 4.20. The molecule has 0 unspecified atom stereocenters. The minimum atomic E-state index is -3.76. The largest absolute Gasteiger partial charge is 0.444 e. The Labute approximate surface area is 288 Å². The number of oxazole rings is 1. The van der Waals surface area contributed by atoms with Crippen molar-refractivity contribution in [3.63, 3.8) is 0 Å². The maximum atomic E-state index is 14.2. The number of nitrogens with one attached hydrogen (secondary N) is 1. The molecule has 49 heavy (non-hydrogen) atoms. The molecular formula is C35H51N5O8S. The second kappa shape index (κ2) is 17.0. The van der Waals surface area contributed by atoms with Gasteiger partial charge >= 0.3 is 6.09 Å². The van der Waals surface area contributed by atoms with Crippen molar-refractivity contribution in [2.24, 2.45) is 17.6 Å². The molecule has 1 aliphatic carbocycles. The van der Waals surface area contributed by atoms with Crippen LogP contribution in [0.1, 0.15) is 101 Å². The topological polar surface area (TPSA) is 182 Å². The first-order valence-corrected chi connectivity index (χ1v) is 19.8. The molecule has 0 radical (unpaired) electrons. The number of hydrogen-bond acceptors (Lipinski definition) is 10. The van der Waals surface area contributed by atoms with E-state index in [1.54, 1.807) is 29.2 Å². The van der Waals surface area contributed by atoms with E-state index in [0.29, 0.717) is 68.8 Å². The molecule has 2 amide bonds. The molecule has 2 aromatic rings. The van der Waals surface area contributed by atoms with Gasteiger partial charge in [0.1, 0.15) is 17.7 Å². The molecule has 0 bridgehead atoms. The molecule has 3 aliphatic rings. The van der Waals surface area contributed by atoms with E-state index in [0.717, 1.165) is 51.2 Å². The Morgan fingerprint density at radius 1 is 1.04 bits per heavy atom. The van der Waals surface area contributed by atoms with Gasteiger partial charge in [0.15, 0.2) is 11.4 Å². The predicted molar refractivity (Wildman–Crippen MR) is 183 cm³/mol. The summed E-state index contributed by atoms with van der Waals surface area (Å²) in [5.41, 5.74) is 6.73. The molecule has 13 nitrogen and oxygen atoms in total. The lowest BCUT2D eigenvalue weighted by Gasteiger charge is -2.29. The van der Waals surface area contributed by atoms with Crippen molar-refractivity contribution < 1.29 is 36.7 Å². The first kappa shape index (κ1) is 36.9. The first-order valence-electron chi connectivity index (χ1n) is 17.9. The van der Waals surface area contributed by atoms with Crippen molar-refractivity contribution in [2.45, 2.75) is 108 Å². The maximum Gasteiger partial charge on any atom is 0.410 e. The molecule has 1 aromatic carbocycles. The van der Waals surface area contributed by atoms with E-state index in [-0.39, 0.29) is 31.1 Å². The second-order valence-electron chi connectivity index (χ2n) is 14.0. The summed E-state index contributed by atoms with van der Waals surface area (Å²) < 4.78 is 39.0. The number of sulfonamides is 1. The molecule has 5 rings (SSSR count). The number of benzene rings is 1. The Balaban J connectivity index is 1.37. The highest BCUT2D eigenvalue weighted by molar-refractivity contribution is 7.88. The SMILES string of the molecule is CS(=O)(=O)N[C@H](CCC1CCCC1)C(=O)N1C[C@H](OC(=O)N2CCCCC2)C[C@H]1C(=O)C[C@@H](CCCCN)C(=O)c1nc2ccccc2o1. The third kappa shape index (κ3) is 10.1. The molecule has 270 valence electrons. The zero-order valence-electron chi connectivity index (χ0n) is 28.5. The number of para-hydroxylation sites is 2. The second-order valence-corrected chi connectivity index (χ2v) is 15.7. The third-order valence-corrected chi connectivity index (χ3v) is 10.8. The minimum absolute atomic E-state index is 0.0445. The van der Waals surface area contributed by atoms with Crippen LogP contribution >= 0.6 is 0 Å². The number of nitrogens with zero attached hydrogens (tertiary/aromatic N) is 3. The van der Waals surface area contributed by atoms with Crippen molar-refractivity contribution in [3.05, 3.63) is 30.2 Å². The van der Waals surface area contributed by atoms with E-state index < -0.39 is 51.9 Å². The monoisotopic (exact) mass is 701 g/mol. The number of aromatic nitrogens is 1. The van der Waals surface area contributed by atoms with Gasteiger partial charge in [0.25, 0.3) is 5.89 Å². The maximum absolute atomic E-state index is 14.2. The van der Waals surface area contributed by atoms with Gasteiger partial charge in [-0.1, -0.05) is 44.2 Å². The van der Waals surface area contributed by atoms with Crippen LogP contribution in [0, 0.1) is 11.8 Å². The summed E-state index contributed by atoms with van der Waals surface area (Å²) in [6, 6.07) is 4.96. The number of carbonyl (C=O) groups is 4. The van der Waals surface area contributed by atoms with Crippen LogP contribution in [-0.2, 0) is 24.3 Å². The summed E-state index contributed by atoms with van der Waals surface area (Å²) in [5.74, 6) is -1.73. The Hall–Kier alpha value is -3.36. The highest BCUT2D eigenvalue weighted by atomic mass is 32.2. The fourth-order valence-corrected chi connectivity index (χ4v) is 8.25. The summed E-state index contributed by atoms with van der Waals surface area (Å²) >= 11 is 0. The average Bonchev–Trinajstić information content (AvgIpc) is 3.86. The molecule has 2 aliphatic heterocycles. The van der Waals surface area contributed by atoms with Crippen molar-refractivity contribution in [2.75, 3.05) is 32.4 Å². The zero-order chi connectivity index (χ0) is 35.0. The van der Waals surface area contributed by atoms with Gasteiger partial charge in [0.05, 0.1) is 18.8 Å². The molecule has 14 heteroatoms. The highest BCUT2D eigenvalue weighted by Gasteiger charge is 2.45. The number of fused-ring (bicyclic) bond motifs is 1. The fraction of sp³-hybridized carbons (Fsp3) is 0.686. The summed E-state index contributed by atoms with van der Waals surface area (Å²) in [6.07, 6.45) is 9.37. The number of Topliss-reactive ketones (excluding diaryl/α,β-unsaturated/α-hetero) is 2. The van der Waals surface area contributed by atoms with Gasteiger partial charge in [0.2, 0.25) is 21.7 Å². The molecule has 3 heterocycles. The summed E-state index contributed by atoms with van der Waals surface area (Å²) in [6.45, 7) is 1.56. The normalized spacial score (nSPS) is 21.6. The van der Waals surface area contributed by atoms with Gasteiger partial charge < -0.3 is 24.7 Å². The lowest BCUT2D eigenvalue weighted by atomic mass is 9.89. The number of nitrogens with two attached hydrogens (primary N) is 1. The van der Waals surface area contributed by atoms with Crippen LogP contribution in [0.15, 0.2) is 28.7 Å². The standard InChI is InChI=1S/C35H51N5O8S/c1-49(45,46)38-28(17-16-24-11-3-4-12-24)34(43)40-23-26(47-35(44)39-19-9-2-10-20-39)22-29(40)30(41)21-25(13-7-8-18-36)32(42)33-37-27-14-5-6-15-31(27)48-33/h5-6,14-15,24-26,28-29,38H,2-4,7-13,16-23,36H2,1H3/t25-,26-,28-,29+/m1/s1. The molecular weight excluding hydrogens is 650 g/mol. The van der Waals surface area contributed by atoms with Crippen LogP contribution in [0.5, 0.6) is 0 Å². The van der Waals surface area contributed by atoms with Crippen LogP contribution in [0.2, 0.25) is 0 Å². The van der Waals surface area contributed by atoms with Crippen LogP contribution < -0.4 is 10.5 Å². The zero-order valence-corrected chi connectivity index (χ0v) is 29.3. The van der Waals surface area contributed by atoms with Crippen molar-refractivity contribution in [3.8, 4) is 0 Å². The van der Waals surface area contributed by atoms with Crippen molar-refractivity contribution in [1.29, 1.82) is 0 Å². The van der Waals surface area contributed by atoms with E-state index in [1.165, 1.54) is 4.90 Å². The number of ether oxygens (including phenoxy) is 1. The molecule has 1 aromatic heterocycles. The lowest BCUT2D eigenvalue weighted by molar-refractivity contribution is -0.139. The van der Waals surface area contributed by atoms with Crippen molar-refractivity contribution in [1.82, 2.24) is 19.5 Å². The Kier molecular flexibility index (Phi) is 12.8. The molecule has 4 atom stereocenters. The number of unbranched alkanes of at least 4 members (excludes halogenated alkanes) is 1. The van der Waals surface area contributed by atoms with Gasteiger partial charge in [-0.2, -0.15) is 0 Å². The molecule has 3 N–H and O–H groups in total. The molecule has 2 saturated heterocycles. The molecule has 0 spiro atoms. The van der Waals surface area contributed by atoms with E-state index >= 15 is 0 Å². The van der Waals surface area contributed by atoms with Crippen LogP contribution in [-0.4, -0.2) is 97.4 Å². The number of rotatable bonds is 16. The number of ketones is 2. The Morgan fingerprint density at radius 2 is 1.78 bits per heavy atom. The smallest absolute Gasteiger partial charge is 0.410 e. The molecule has 1 saturated carbocycles. The van der Waals surface area contributed by atoms with Crippen LogP contribution in [0.4, 0.5) is 4.79 Å². The van der Waals surface area contributed by atoms with Gasteiger partial charge in [-0.15, -0.1) is 0 Å². The van der Waals surface area contributed by atoms with E-state index in [4.69, 9.17) is 14.9 Å². The highest BCUT2D eigenvalue weighted by Crippen LogP contribution is 2.32. The van der Waals surface area contributed by atoms with Gasteiger partial charge in [-0.25, -0.2) is 22.9 Å². The summed E-state index contributed by atoms with van der Waals surface area (Å²) in [7, 11) is -3.76. The van der Waals surface area contributed by atoms with E-state index in [9.17, 15) is 27.6 Å². The lowest BCUT2D eigenvalue weighted by Crippen LogP contribution is -2.52. The number of piperidine rings is 1.